The van der Waals surface area contributed by atoms with Gasteiger partial charge in [-0.05, 0) is 62.2 Å². The van der Waals surface area contributed by atoms with Gasteiger partial charge in [0, 0.05) is 25.8 Å². The molecule has 0 unspecified atom stereocenters. The molecule has 0 fully saturated rings. The molecule has 3 rings (SSSR count). The molecule has 1 heterocycles. The minimum atomic E-state index is -0.639. The van der Waals surface area contributed by atoms with Gasteiger partial charge in [-0.15, -0.1) is 0 Å². The molecule has 0 saturated carbocycles. The van der Waals surface area contributed by atoms with Crippen LogP contribution in [0.15, 0.2) is 48.5 Å². The van der Waals surface area contributed by atoms with E-state index < -0.39 is 11.9 Å². The third-order valence-electron chi connectivity index (χ3n) is 5.37. The van der Waals surface area contributed by atoms with Gasteiger partial charge in [-0.3, -0.25) is 4.90 Å². The molecule has 0 spiro atoms. The first-order chi connectivity index (χ1) is 16.8. The van der Waals surface area contributed by atoms with Crippen molar-refractivity contribution in [1.82, 2.24) is 14.7 Å². The van der Waals surface area contributed by atoms with Crippen molar-refractivity contribution in [2.75, 3.05) is 26.3 Å². The molecule has 8 heteroatoms. The van der Waals surface area contributed by atoms with Crippen LogP contribution in [0, 0.1) is 24.5 Å². The quantitative estimate of drug-likeness (QED) is 0.345. The summed E-state index contributed by atoms with van der Waals surface area (Å²) in [4.78, 5) is 2.13. The predicted molar refractivity (Wildman–Crippen MR) is 132 cm³/mol. The second-order valence-electron chi connectivity index (χ2n) is 9.14. The van der Waals surface area contributed by atoms with Gasteiger partial charge in [0.15, 0.2) is 0 Å². The van der Waals surface area contributed by atoms with E-state index in [2.05, 4.69) is 30.8 Å². The Kier molecular flexibility index (Phi) is 9.77. The van der Waals surface area contributed by atoms with Crippen LogP contribution in [0.5, 0.6) is 11.6 Å². The number of benzene rings is 2. The standard InChI is InChI=1S/C27H35F2N3O3/c1-5-13-31(15-24(33)18-34-17-19(2)3)16-26-20(4)30-32(23-11-9-21(28)10-12-23)27(26)35-25-8-6-7-22(29)14-25/h6-12,14,19,24,33H,5,13,15-18H2,1-4H3/t24-/m0/s1. The Hall–Kier alpha value is -2.81. The van der Waals surface area contributed by atoms with Crippen LogP contribution in [-0.4, -0.2) is 52.2 Å². The average molecular weight is 488 g/mol. The zero-order valence-electron chi connectivity index (χ0n) is 20.9. The SMILES string of the molecule is CCCN(Cc1c(C)nn(-c2ccc(F)cc2)c1Oc1cccc(F)c1)C[C@H](O)COCC(C)C. The molecule has 0 saturated heterocycles. The first-order valence-corrected chi connectivity index (χ1v) is 12.0. The molecule has 0 aliphatic rings. The summed E-state index contributed by atoms with van der Waals surface area (Å²) in [5.41, 5.74) is 2.16. The topological polar surface area (TPSA) is 59.8 Å². The number of hydrogen-bond acceptors (Lipinski definition) is 5. The van der Waals surface area contributed by atoms with E-state index in [4.69, 9.17) is 9.47 Å². The Labute approximate surface area is 206 Å². The fourth-order valence-electron chi connectivity index (χ4n) is 3.79. The van der Waals surface area contributed by atoms with E-state index in [1.807, 2.05) is 6.92 Å². The summed E-state index contributed by atoms with van der Waals surface area (Å²) in [5, 5.41) is 15.2. The minimum absolute atomic E-state index is 0.263. The van der Waals surface area contributed by atoms with Crippen molar-refractivity contribution in [2.45, 2.75) is 46.8 Å². The monoisotopic (exact) mass is 487 g/mol. The molecule has 1 atom stereocenters. The van der Waals surface area contributed by atoms with E-state index >= 15 is 0 Å². The highest BCUT2D eigenvalue weighted by molar-refractivity contribution is 5.43. The van der Waals surface area contributed by atoms with E-state index in [0.29, 0.717) is 42.9 Å². The molecule has 0 aliphatic heterocycles. The van der Waals surface area contributed by atoms with Crippen LogP contribution in [-0.2, 0) is 11.3 Å². The van der Waals surface area contributed by atoms with Gasteiger partial charge in [0.05, 0.1) is 29.7 Å². The van der Waals surface area contributed by atoms with E-state index in [1.54, 1.807) is 28.9 Å². The summed E-state index contributed by atoms with van der Waals surface area (Å²) in [6.07, 6.45) is 0.255. The minimum Gasteiger partial charge on any atom is -0.438 e. The molecule has 0 bridgehead atoms. The van der Waals surface area contributed by atoms with Crippen molar-refractivity contribution in [1.29, 1.82) is 0 Å². The van der Waals surface area contributed by atoms with Crippen LogP contribution in [0.25, 0.3) is 5.69 Å². The van der Waals surface area contributed by atoms with E-state index in [9.17, 15) is 13.9 Å². The summed E-state index contributed by atoms with van der Waals surface area (Å²) in [6.45, 7) is 10.6. The largest absolute Gasteiger partial charge is 0.438 e. The summed E-state index contributed by atoms with van der Waals surface area (Å²) in [6, 6.07) is 11.8. The first-order valence-electron chi connectivity index (χ1n) is 12.0. The third kappa shape index (κ3) is 7.85. The molecule has 0 radical (unpaired) electrons. The van der Waals surface area contributed by atoms with Crippen LogP contribution >= 0.6 is 0 Å². The smallest absolute Gasteiger partial charge is 0.227 e. The summed E-state index contributed by atoms with van der Waals surface area (Å²) in [5.74, 6) is 0.389. The van der Waals surface area contributed by atoms with Crippen molar-refractivity contribution >= 4 is 0 Å². The van der Waals surface area contributed by atoms with Crippen molar-refractivity contribution in [2.24, 2.45) is 5.92 Å². The lowest BCUT2D eigenvalue weighted by molar-refractivity contribution is 0.00681. The zero-order valence-corrected chi connectivity index (χ0v) is 20.9. The average Bonchev–Trinajstić information content (AvgIpc) is 3.09. The molecule has 35 heavy (non-hydrogen) atoms. The van der Waals surface area contributed by atoms with Crippen molar-refractivity contribution in [3.8, 4) is 17.3 Å². The summed E-state index contributed by atoms with van der Waals surface area (Å²) >= 11 is 0. The maximum atomic E-state index is 13.9. The molecule has 1 aromatic heterocycles. The van der Waals surface area contributed by atoms with Gasteiger partial charge in [0.2, 0.25) is 5.88 Å². The Bertz CT molecular complexity index is 1070. The number of aliphatic hydroxyl groups excluding tert-OH is 1. The molecule has 1 N–H and O–H groups in total. The normalized spacial score (nSPS) is 12.5. The van der Waals surface area contributed by atoms with Gasteiger partial charge in [-0.25, -0.2) is 13.5 Å². The maximum Gasteiger partial charge on any atom is 0.227 e. The van der Waals surface area contributed by atoms with Crippen molar-refractivity contribution < 1.29 is 23.4 Å². The molecule has 190 valence electrons. The Morgan fingerprint density at radius 3 is 2.46 bits per heavy atom. The molecule has 3 aromatic rings. The molecular formula is C27H35F2N3O3. The van der Waals surface area contributed by atoms with Gasteiger partial charge in [-0.2, -0.15) is 5.10 Å². The number of aryl methyl sites for hydroxylation is 1. The molecular weight excluding hydrogens is 452 g/mol. The second-order valence-corrected chi connectivity index (χ2v) is 9.14. The number of nitrogens with zero attached hydrogens (tertiary/aromatic N) is 3. The van der Waals surface area contributed by atoms with Gasteiger partial charge < -0.3 is 14.6 Å². The lowest BCUT2D eigenvalue weighted by Gasteiger charge is -2.25. The maximum absolute atomic E-state index is 13.9. The van der Waals surface area contributed by atoms with E-state index in [-0.39, 0.29) is 12.4 Å². The Balaban J connectivity index is 1.90. The number of halogens is 2. The first kappa shape index (κ1) is 26.8. The predicted octanol–water partition coefficient (Wildman–Crippen LogP) is 5.50. The molecule has 2 aromatic carbocycles. The van der Waals surface area contributed by atoms with Gasteiger partial charge >= 0.3 is 0 Å². The highest BCUT2D eigenvalue weighted by atomic mass is 19.1. The number of rotatable bonds is 13. The van der Waals surface area contributed by atoms with Gasteiger partial charge in [0.25, 0.3) is 0 Å². The number of ether oxygens (including phenoxy) is 2. The van der Waals surface area contributed by atoms with Crippen LogP contribution in [0.3, 0.4) is 0 Å². The fourth-order valence-corrected chi connectivity index (χ4v) is 3.79. The summed E-state index contributed by atoms with van der Waals surface area (Å²) < 4.78 is 40.8. The van der Waals surface area contributed by atoms with Crippen LogP contribution in [0.1, 0.15) is 38.4 Å². The lowest BCUT2D eigenvalue weighted by Crippen LogP contribution is -2.35. The lowest BCUT2D eigenvalue weighted by atomic mass is 10.2. The van der Waals surface area contributed by atoms with Crippen LogP contribution in [0.4, 0.5) is 8.78 Å². The molecule has 0 aliphatic carbocycles. The second kappa shape index (κ2) is 12.8. The van der Waals surface area contributed by atoms with Crippen molar-refractivity contribution in [3.05, 3.63) is 71.4 Å². The Morgan fingerprint density at radius 1 is 1.06 bits per heavy atom. The van der Waals surface area contributed by atoms with Crippen LogP contribution in [0.2, 0.25) is 0 Å². The number of aromatic nitrogens is 2. The van der Waals surface area contributed by atoms with E-state index in [1.165, 1.54) is 24.3 Å². The van der Waals surface area contributed by atoms with Crippen LogP contribution < -0.4 is 4.74 Å². The highest BCUT2D eigenvalue weighted by Gasteiger charge is 2.22. The number of hydrogen-bond donors (Lipinski definition) is 1. The molecule has 6 nitrogen and oxygen atoms in total. The zero-order chi connectivity index (χ0) is 25.4. The molecule has 0 amide bonds. The van der Waals surface area contributed by atoms with E-state index in [0.717, 1.165) is 24.2 Å². The fraction of sp³-hybridized carbons (Fsp3) is 0.444. The summed E-state index contributed by atoms with van der Waals surface area (Å²) in [7, 11) is 0. The number of aliphatic hydroxyl groups is 1. The van der Waals surface area contributed by atoms with Gasteiger partial charge in [0.1, 0.15) is 17.4 Å². The van der Waals surface area contributed by atoms with Crippen molar-refractivity contribution in [3.63, 3.8) is 0 Å². The highest BCUT2D eigenvalue weighted by Crippen LogP contribution is 2.32. The third-order valence-corrected chi connectivity index (χ3v) is 5.37. The Morgan fingerprint density at radius 2 is 1.80 bits per heavy atom. The van der Waals surface area contributed by atoms with Gasteiger partial charge in [-0.1, -0.05) is 26.8 Å².